The van der Waals surface area contributed by atoms with Crippen LogP contribution in [0.1, 0.15) is 18.5 Å². The second-order valence-corrected chi connectivity index (χ2v) is 2.97. The third kappa shape index (κ3) is 2.18. The zero-order chi connectivity index (χ0) is 8.55. The summed E-state index contributed by atoms with van der Waals surface area (Å²) >= 11 is 0. The Kier molecular flexibility index (Phi) is 4.91. The Morgan fingerprint density at radius 3 is 2.71 bits per heavy atom. The fourth-order valence-electron chi connectivity index (χ4n) is 1.37. The topological polar surface area (TPSA) is 54.7 Å². The van der Waals surface area contributed by atoms with E-state index in [0.717, 1.165) is 16.5 Å². The molecule has 1 aromatic carbocycles. The van der Waals surface area contributed by atoms with Crippen molar-refractivity contribution in [3.8, 4) is 0 Å². The number of rotatable bonds is 1. The SMILES string of the molecule is C[C@H](N)c1cccc2cn[nH]c12.Cl.Cl. The first-order chi connectivity index (χ1) is 5.79. The molecule has 0 aliphatic rings. The highest BCUT2D eigenvalue weighted by atomic mass is 35.5. The van der Waals surface area contributed by atoms with E-state index in [4.69, 9.17) is 5.73 Å². The highest BCUT2D eigenvalue weighted by Crippen LogP contribution is 2.19. The van der Waals surface area contributed by atoms with E-state index in [1.165, 1.54) is 0 Å². The number of halogens is 2. The number of para-hydroxylation sites is 1. The Hall–Kier alpha value is -0.770. The zero-order valence-electron chi connectivity index (χ0n) is 7.73. The predicted molar refractivity (Wildman–Crippen MR) is 63.2 cm³/mol. The summed E-state index contributed by atoms with van der Waals surface area (Å²) in [5, 5.41) is 8.02. The zero-order valence-corrected chi connectivity index (χ0v) is 9.36. The quantitative estimate of drug-likeness (QED) is 0.796. The molecule has 0 aliphatic carbocycles. The summed E-state index contributed by atoms with van der Waals surface area (Å²) in [5.74, 6) is 0. The van der Waals surface area contributed by atoms with Gasteiger partial charge in [-0.2, -0.15) is 5.10 Å². The number of aromatic amines is 1. The largest absolute Gasteiger partial charge is 0.324 e. The molecule has 3 N–H and O–H groups in total. The number of aromatic nitrogens is 2. The smallest absolute Gasteiger partial charge is 0.0697 e. The molecule has 5 heteroatoms. The van der Waals surface area contributed by atoms with Gasteiger partial charge < -0.3 is 5.73 Å². The van der Waals surface area contributed by atoms with E-state index in [1.807, 2.05) is 25.1 Å². The first-order valence-corrected chi connectivity index (χ1v) is 3.96. The molecule has 1 atom stereocenters. The van der Waals surface area contributed by atoms with Crippen LogP contribution in [0.25, 0.3) is 10.9 Å². The van der Waals surface area contributed by atoms with Crippen molar-refractivity contribution < 1.29 is 0 Å². The Labute approximate surface area is 94.9 Å². The van der Waals surface area contributed by atoms with Gasteiger partial charge in [0.25, 0.3) is 0 Å². The normalized spacial score (nSPS) is 11.6. The standard InChI is InChI=1S/C9H11N3.2ClH/c1-6(10)8-4-2-3-7-5-11-12-9(7)8;;/h2-6H,10H2,1H3,(H,11,12);2*1H/t6-;;/m0../s1. The highest BCUT2D eigenvalue weighted by molar-refractivity contribution is 5.85. The number of hydrogen-bond acceptors (Lipinski definition) is 2. The van der Waals surface area contributed by atoms with Gasteiger partial charge in [-0.3, -0.25) is 5.10 Å². The molecule has 0 amide bonds. The van der Waals surface area contributed by atoms with Crippen LogP contribution in [0.4, 0.5) is 0 Å². The molecule has 0 bridgehead atoms. The van der Waals surface area contributed by atoms with Crippen molar-refractivity contribution in [3.05, 3.63) is 30.0 Å². The van der Waals surface area contributed by atoms with Gasteiger partial charge in [0.1, 0.15) is 0 Å². The lowest BCUT2D eigenvalue weighted by molar-refractivity contribution is 0.823. The van der Waals surface area contributed by atoms with E-state index in [0.29, 0.717) is 0 Å². The molecule has 1 heterocycles. The minimum absolute atomic E-state index is 0. The van der Waals surface area contributed by atoms with Gasteiger partial charge in [-0.25, -0.2) is 0 Å². The summed E-state index contributed by atoms with van der Waals surface area (Å²) in [6.07, 6.45) is 1.81. The Bertz CT molecular complexity index is 398. The van der Waals surface area contributed by atoms with Crippen LogP contribution in [0.3, 0.4) is 0 Å². The number of hydrogen-bond donors (Lipinski definition) is 2. The molecule has 0 saturated carbocycles. The molecule has 14 heavy (non-hydrogen) atoms. The van der Waals surface area contributed by atoms with Crippen LogP contribution >= 0.6 is 24.8 Å². The van der Waals surface area contributed by atoms with Crippen molar-refractivity contribution >= 4 is 35.7 Å². The molecule has 2 aromatic rings. The minimum Gasteiger partial charge on any atom is -0.324 e. The van der Waals surface area contributed by atoms with Gasteiger partial charge in [0.05, 0.1) is 11.7 Å². The number of benzene rings is 1. The van der Waals surface area contributed by atoms with Crippen molar-refractivity contribution in [1.82, 2.24) is 10.2 Å². The number of nitrogens with one attached hydrogen (secondary N) is 1. The van der Waals surface area contributed by atoms with Crippen LogP contribution in [0, 0.1) is 0 Å². The van der Waals surface area contributed by atoms with E-state index >= 15 is 0 Å². The monoisotopic (exact) mass is 233 g/mol. The lowest BCUT2D eigenvalue weighted by Crippen LogP contribution is -2.05. The van der Waals surface area contributed by atoms with Crippen LogP contribution in [-0.4, -0.2) is 10.2 Å². The van der Waals surface area contributed by atoms with Crippen LogP contribution in [0.15, 0.2) is 24.4 Å². The van der Waals surface area contributed by atoms with Crippen LogP contribution in [0.5, 0.6) is 0 Å². The molecular formula is C9H13Cl2N3. The molecule has 0 spiro atoms. The van der Waals surface area contributed by atoms with Crippen LogP contribution < -0.4 is 5.73 Å². The van der Waals surface area contributed by atoms with Crippen molar-refractivity contribution in [2.75, 3.05) is 0 Å². The molecule has 3 nitrogen and oxygen atoms in total. The molecule has 78 valence electrons. The lowest BCUT2D eigenvalue weighted by Gasteiger charge is -2.05. The highest BCUT2D eigenvalue weighted by Gasteiger charge is 2.05. The maximum Gasteiger partial charge on any atom is 0.0697 e. The second-order valence-electron chi connectivity index (χ2n) is 2.97. The van der Waals surface area contributed by atoms with E-state index in [-0.39, 0.29) is 30.9 Å². The minimum atomic E-state index is 0. The lowest BCUT2D eigenvalue weighted by atomic mass is 10.1. The summed E-state index contributed by atoms with van der Waals surface area (Å²) < 4.78 is 0. The summed E-state index contributed by atoms with van der Waals surface area (Å²) in [6, 6.07) is 6.08. The average Bonchev–Trinajstić information content (AvgIpc) is 2.49. The molecule has 1 aromatic heterocycles. The first-order valence-electron chi connectivity index (χ1n) is 3.96. The van der Waals surface area contributed by atoms with Crippen molar-refractivity contribution in [2.45, 2.75) is 13.0 Å². The average molecular weight is 234 g/mol. The van der Waals surface area contributed by atoms with Crippen molar-refractivity contribution in [1.29, 1.82) is 0 Å². The van der Waals surface area contributed by atoms with Gasteiger partial charge in [-0.1, -0.05) is 18.2 Å². The van der Waals surface area contributed by atoms with Crippen LogP contribution in [0.2, 0.25) is 0 Å². The van der Waals surface area contributed by atoms with Crippen molar-refractivity contribution in [3.63, 3.8) is 0 Å². The van der Waals surface area contributed by atoms with Gasteiger partial charge >= 0.3 is 0 Å². The first kappa shape index (κ1) is 13.2. The molecule has 0 fully saturated rings. The molecule has 2 rings (SSSR count). The number of nitrogens with two attached hydrogens (primary N) is 1. The Morgan fingerprint density at radius 2 is 2.07 bits per heavy atom. The predicted octanol–water partition coefficient (Wildman–Crippen LogP) is 2.43. The van der Waals surface area contributed by atoms with Gasteiger partial charge in [0.15, 0.2) is 0 Å². The van der Waals surface area contributed by atoms with E-state index in [1.54, 1.807) is 6.20 Å². The summed E-state index contributed by atoms with van der Waals surface area (Å²) in [4.78, 5) is 0. The second kappa shape index (κ2) is 5.20. The fourth-order valence-corrected chi connectivity index (χ4v) is 1.37. The maximum atomic E-state index is 5.79. The fraction of sp³-hybridized carbons (Fsp3) is 0.222. The van der Waals surface area contributed by atoms with Gasteiger partial charge in [0, 0.05) is 11.4 Å². The molecule has 0 unspecified atom stereocenters. The van der Waals surface area contributed by atoms with Crippen LogP contribution in [-0.2, 0) is 0 Å². The Balaban J connectivity index is 0.000000845. The number of fused-ring (bicyclic) bond motifs is 1. The van der Waals surface area contributed by atoms with E-state index < -0.39 is 0 Å². The summed E-state index contributed by atoms with van der Waals surface area (Å²) in [6.45, 7) is 1.97. The number of nitrogens with zero attached hydrogens (tertiary/aromatic N) is 1. The Morgan fingerprint density at radius 1 is 1.36 bits per heavy atom. The number of H-pyrrole nitrogens is 1. The van der Waals surface area contributed by atoms with Gasteiger partial charge in [0.2, 0.25) is 0 Å². The van der Waals surface area contributed by atoms with E-state index in [2.05, 4.69) is 10.2 Å². The third-order valence-corrected chi connectivity index (χ3v) is 2.00. The summed E-state index contributed by atoms with van der Waals surface area (Å²) in [7, 11) is 0. The summed E-state index contributed by atoms with van der Waals surface area (Å²) in [5.41, 5.74) is 7.96. The molecule has 0 saturated heterocycles. The molecular weight excluding hydrogens is 221 g/mol. The van der Waals surface area contributed by atoms with Crippen molar-refractivity contribution in [2.24, 2.45) is 5.73 Å². The molecule has 0 aliphatic heterocycles. The molecule has 0 radical (unpaired) electrons. The third-order valence-electron chi connectivity index (χ3n) is 2.00. The van der Waals surface area contributed by atoms with E-state index in [9.17, 15) is 0 Å². The maximum absolute atomic E-state index is 5.79. The van der Waals surface area contributed by atoms with Gasteiger partial charge in [-0.05, 0) is 12.5 Å². The van der Waals surface area contributed by atoms with Gasteiger partial charge in [-0.15, -0.1) is 24.8 Å².